The summed E-state index contributed by atoms with van der Waals surface area (Å²) >= 11 is 1.94. The number of piperidine rings is 1. The van der Waals surface area contributed by atoms with Gasteiger partial charge in [-0.25, -0.2) is 0 Å². The van der Waals surface area contributed by atoms with Gasteiger partial charge < -0.3 is 10.2 Å². The van der Waals surface area contributed by atoms with Crippen LogP contribution >= 0.6 is 11.8 Å². The van der Waals surface area contributed by atoms with Crippen LogP contribution in [0, 0.1) is 11.8 Å². The Morgan fingerprint density at radius 1 is 1.39 bits per heavy atom. The predicted molar refractivity (Wildman–Crippen MR) is 81.4 cm³/mol. The van der Waals surface area contributed by atoms with Gasteiger partial charge in [-0.15, -0.1) is 0 Å². The number of likely N-dealkylation sites (tertiary alicyclic amines) is 1. The standard InChI is InChI=1S/C14H27N3S/c1-11(2)13-10-16-14(18-13)15-7-4-12-5-8-17(3)9-6-12/h11-13H,4-10H2,1-3H3,(H,15,16). The van der Waals surface area contributed by atoms with Crippen molar-refractivity contribution < 1.29 is 0 Å². The van der Waals surface area contributed by atoms with Gasteiger partial charge in [0.15, 0.2) is 5.17 Å². The average molecular weight is 269 g/mol. The summed E-state index contributed by atoms with van der Waals surface area (Å²) in [5.41, 5.74) is 0. The van der Waals surface area contributed by atoms with E-state index < -0.39 is 0 Å². The Bertz CT molecular complexity index is 283. The minimum Gasteiger partial charge on any atom is -0.365 e. The summed E-state index contributed by atoms with van der Waals surface area (Å²) in [5, 5.41) is 5.40. The van der Waals surface area contributed by atoms with Gasteiger partial charge in [-0.1, -0.05) is 25.6 Å². The molecule has 0 amide bonds. The van der Waals surface area contributed by atoms with Crippen LogP contribution < -0.4 is 5.32 Å². The van der Waals surface area contributed by atoms with Gasteiger partial charge in [0, 0.05) is 11.8 Å². The highest BCUT2D eigenvalue weighted by molar-refractivity contribution is 8.14. The van der Waals surface area contributed by atoms with E-state index >= 15 is 0 Å². The zero-order valence-electron chi connectivity index (χ0n) is 12.0. The molecule has 3 nitrogen and oxygen atoms in total. The quantitative estimate of drug-likeness (QED) is 0.849. The second-order valence-corrected chi connectivity index (χ2v) is 7.24. The van der Waals surface area contributed by atoms with Gasteiger partial charge in [0.2, 0.25) is 0 Å². The number of aliphatic imine (C=N–C) groups is 1. The van der Waals surface area contributed by atoms with Crippen LogP contribution in [0.5, 0.6) is 0 Å². The minimum absolute atomic E-state index is 0.691. The van der Waals surface area contributed by atoms with E-state index in [1.165, 1.54) is 37.5 Å². The molecule has 2 aliphatic heterocycles. The highest BCUT2D eigenvalue weighted by Crippen LogP contribution is 2.26. The summed E-state index contributed by atoms with van der Waals surface area (Å²) in [6, 6.07) is 0. The predicted octanol–water partition coefficient (Wildman–Crippen LogP) is 2.44. The van der Waals surface area contributed by atoms with Crippen LogP contribution in [0.25, 0.3) is 0 Å². The average Bonchev–Trinajstić information content (AvgIpc) is 2.81. The SMILES string of the molecule is CC(C)C1CN=C(NCCC2CCN(C)CC2)S1. The molecule has 2 heterocycles. The molecule has 104 valence electrons. The Balaban J connectivity index is 1.59. The van der Waals surface area contributed by atoms with Crippen molar-refractivity contribution in [3.8, 4) is 0 Å². The molecule has 2 rings (SSSR count). The first-order chi connectivity index (χ1) is 8.65. The summed E-state index contributed by atoms with van der Waals surface area (Å²) in [6.07, 6.45) is 4.04. The van der Waals surface area contributed by atoms with Crippen LogP contribution in [0.3, 0.4) is 0 Å². The van der Waals surface area contributed by atoms with E-state index in [0.717, 1.165) is 24.9 Å². The smallest absolute Gasteiger partial charge is 0.156 e. The van der Waals surface area contributed by atoms with Crippen LogP contribution in [-0.4, -0.2) is 48.5 Å². The third-order valence-corrected chi connectivity index (χ3v) is 5.58. The normalized spacial score (nSPS) is 26.7. The van der Waals surface area contributed by atoms with E-state index in [9.17, 15) is 0 Å². The Kier molecular flexibility index (Phi) is 5.37. The number of hydrogen-bond donors (Lipinski definition) is 1. The van der Waals surface area contributed by atoms with Crippen LogP contribution in [-0.2, 0) is 0 Å². The molecular formula is C14H27N3S. The third kappa shape index (κ3) is 4.16. The van der Waals surface area contributed by atoms with Crippen LogP contribution in [0.4, 0.5) is 0 Å². The Morgan fingerprint density at radius 2 is 2.11 bits per heavy atom. The Labute approximate surface area is 116 Å². The first-order valence-corrected chi connectivity index (χ1v) is 8.16. The second kappa shape index (κ2) is 6.80. The van der Waals surface area contributed by atoms with Gasteiger partial charge in [-0.05, 0) is 51.2 Å². The molecule has 0 aromatic heterocycles. The summed E-state index contributed by atoms with van der Waals surface area (Å²) < 4.78 is 0. The maximum absolute atomic E-state index is 4.59. The molecule has 0 aromatic carbocycles. The van der Waals surface area contributed by atoms with Crippen molar-refractivity contribution in [2.24, 2.45) is 16.8 Å². The lowest BCUT2D eigenvalue weighted by atomic mass is 9.94. The molecule has 1 fully saturated rings. The number of thioether (sulfide) groups is 1. The van der Waals surface area contributed by atoms with E-state index in [4.69, 9.17) is 0 Å². The molecule has 0 aliphatic carbocycles. The van der Waals surface area contributed by atoms with Crippen molar-refractivity contribution in [1.29, 1.82) is 0 Å². The maximum Gasteiger partial charge on any atom is 0.156 e. The first-order valence-electron chi connectivity index (χ1n) is 7.28. The number of nitrogens with zero attached hydrogens (tertiary/aromatic N) is 2. The molecule has 0 saturated carbocycles. The summed E-state index contributed by atoms with van der Waals surface area (Å²) in [4.78, 5) is 7.03. The molecule has 1 saturated heterocycles. The van der Waals surface area contributed by atoms with Crippen LogP contribution in [0.15, 0.2) is 4.99 Å². The Morgan fingerprint density at radius 3 is 2.72 bits per heavy atom. The topological polar surface area (TPSA) is 27.6 Å². The van der Waals surface area contributed by atoms with Gasteiger partial charge in [-0.2, -0.15) is 0 Å². The molecule has 18 heavy (non-hydrogen) atoms. The molecular weight excluding hydrogens is 242 g/mol. The van der Waals surface area contributed by atoms with Gasteiger partial charge in [0.1, 0.15) is 0 Å². The van der Waals surface area contributed by atoms with E-state index in [1.807, 2.05) is 11.8 Å². The molecule has 0 spiro atoms. The number of rotatable bonds is 4. The van der Waals surface area contributed by atoms with Crippen molar-refractivity contribution in [2.75, 3.05) is 33.2 Å². The lowest BCUT2D eigenvalue weighted by Crippen LogP contribution is -2.32. The van der Waals surface area contributed by atoms with Crippen LogP contribution in [0.2, 0.25) is 0 Å². The largest absolute Gasteiger partial charge is 0.365 e. The molecule has 0 radical (unpaired) electrons. The van der Waals surface area contributed by atoms with E-state index in [1.54, 1.807) is 0 Å². The highest BCUT2D eigenvalue weighted by Gasteiger charge is 2.22. The van der Waals surface area contributed by atoms with Gasteiger partial charge in [0.25, 0.3) is 0 Å². The van der Waals surface area contributed by atoms with Crippen molar-refractivity contribution in [3.05, 3.63) is 0 Å². The zero-order valence-corrected chi connectivity index (χ0v) is 12.8. The van der Waals surface area contributed by atoms with Crippen molar-refractivity contribution in [2.45, 2.75) is 38.4 Å². The third-order valence-electron chi connectivity index (χ3n) is 4.09. The Hall–Kier alpha value is -0.220. The number of amidine groups is 1. The van der Waals surface area contributed by atoms with Gasteiger partial charge in [-0.3, -0.25) is 4.99 Å². The molecule has 1 atom stereocenters. The van der Waals surface area contributed by atoms with Gasteiger partial charge >= 0.3 is 0 Å². The molecule has 4 heteroatoms. The second-order valence-electron chi connectivity index (χ2n) is 6.01. The summed E-state index contributed by atoms with van der Waals surface area (Å²) in [6.45, 7) is 9.22. The minimum atomic E-state index is 0.691. The van der Waals surface area contributed by atoms with Crippen LogP contribution in [0.1, 0.15) is 33.1 Å². The number of hydrogen-bond acceptors (Lipinski definition) is 4. The fourth-order valence-electron chi connectivity index (χ4n) is 2.57. The maximum atomic E-state index is 4.59. The monoisotopic (exact) mass is 269 g/mol. The van der Waals surface area contributed by atoms with Gasteiger partial charge in [0.05, 0.1) is 6.54 Å². The highest BCUT2D eigenvalue weighted by atomic mass is 32.2. The molecule has 1 N–H and O–H groups in total. The molecule has 0 bridgehead atoms. The van der Waals surface area contributed by atoms with E-state index in [2.05, 4.69) is 36.1 Å². The first kappa shape index (κ1) is 14.2. The lowest BCUT2D eigenvalue weighted by Gasteiger charge is -2.28. The molecule has 0 aromatic rings. The molecule has 1 unspecified atom stereocenters. The van der Waals surface area contributed by atoms with E-state index in [-0.39, 0.29) is 0 Å². The summed E-state index contributed by atoms with van der Waals surface area (Å²) in [7, 11) is 2.23. The van der Waals surface area contributed by atoms with Crippen molar-refractivity contribution >= 4 is 16.9 Å². The molecule has 2 aliphatic rings. The number of nitrogens with one attached hydrogen (secondary N) is 1. The fourth-order valence-corrected chi connectivity index (χ4v) is 3.61. The van der Waals surface area contributed by atoms with E-state index in [0.29, 0.717) is 5.25 Å². The van der Waals surface area contributed by atoms with Crippen molar-refractivity contribution in [3.63, 3.8) is 0 Å². The summed E-state index contributed by atoms with van der Waals surface area (Å²) in [5.74, 6) is 1.65. The fraction of sp³-hybridized carbons (Fsp3) is 0.929. The van der Waals surface area contributed by atoms with Crippen molar-refractivity contribution in [1.82, 2.24) is 10.2 Å². The lowest BCUT2D eigenvalue weighted by molar-refractivity contribution is 0.213. The zero-order chi connectivity index (χ0) is 13.0.